The monoisotopic (exact) mass is 1160 g/mol. The molecule has 0 aromatic carbocycles. The van der Waals surface area contributed by atoms with E-state index in [2.05, 4.69) is 0 Å². The van der Waals surface area contributed by atoms with Gasteiger partial charge < -0.3 is 108 Å². The summed E-state index contributed by atoms with van der Waals surface area (Å²) in [6, 6.07) is 0. The van der Waals surface area contributed by atoms with Gasteiger partial charge in [-0.15, -0.1) is 0 Å². The Balaban J connectivity index is 0. The molecule has 0 spiro atoms. The third-order valence-electron chi connectivity index (χ3n) is 0. The summed E-state index contributed by atoms with van der Waals surface area (Å²) in [5, 5.41) is 0. The summed E-state index contributed by atoms with van der Waals surface area (Å²) in [6.45, 7) is 0. The Morgan fingerprint density at radius 1 is 0.438 bits per heavy atom. The molecule has 0 rings (SSSR count). The van der Waals surface area contributed by atoms with Gasteiger partial charge in [-0.1, -0.05) is 0 Å². The van der Waals surface area contributed by atoms with Crippen LogP contribution in [0.4, 0.5) is 0 Å². The Bertz CT molecular complexity index is 42.5. The second-order valence-electron chi connectivity index (χ2n) is 0. The van der Waals surface area contributed by atoms with Crippen molar-refractivity contribution in [3.05, 3.63) is 0 Å². The van der Waals surface area contributed by atoms with Gasteiger partial charge in [-0.05, 0) is 0 Å². The van der Waals surface area contributed by atoms with Crippen molar-refractivity contribution in [1.82, 2.24) is 0 Å². The van der Waals surface area contributed by atoms with Gasteiger partial charge in [0.25, 0.3) is 0 Å². The summed E-state index contributed by atoms with van der Waals surface area (Å²) in [6.07, 6.45) is 0. The third kappa shape index (κ3) is 98.2. The number of halogens is 8. The van der Waals surface area contributed by atoms with Gasteiger partial charge in [0.15, 0.2) is 0 Å². The van der Waals surface area contributed by atoms with Gasteiger partial charge in [0.2, 0.25) is 0 Å². The van der Waals surface area contributed by atoms with Crippen LogP contribution in [-0.2, 0) is 0 Å². The summed E-state index contributed by atoms with van der Waals surface area (Å²) in [7, 11) is 0. The minimum absolute atomic E-state index is 0. The van der Waals surface area contributed by atoms with Gasteiger partial charge in [0.1, 0.15) is 0 Å². The average Bonchev–Trinajstić information content (AvgIpc) is 0. The minimum atomic E-state index is 0. The molecule has 0 aliphatic carbocycles. The van der Waals surface area contributed by atoms with Crippen molar-refractivity contribution in [3.8, 4) is 0 Å². The van der Waals surface area contributed by atoms with E-state index in [1.54, 1.807) is 0 Å². The Morgan fingerprint density at radius 2 is 0.438 bits per heavy atom. The maximum atomic E-state index is 0. The Morgan fingerprint density at radius 3 is 0.438 bits per heavy atom. The third-order valence-corrected chi connectivity index (χ3v) is 0. The summed E-state index contributed by atoms with van der Waals surface area (Å²) >= 11 is 0. The summed E-state index contributed by atoms with van der Waals surface area (Å²) < 4.78 is 0. The molecule has 16 heteroatoms. The van der Waals surface area contributed by atoms with E-state index in [9.17, 15) is 0 Å². The van der Waals surface area contributed by atoms with E-state index in [-0.39, 0.29) is 552 Å². The largest absolute Gasteiger partial charge is 1.00 e. The summed E-state index contributed by atoms with van der Waals surface area (Å²) in [4.78, 5) is 0. The zero-order valence-corrected chi connectivity index (χ0v) is 54.6. The molecule has 0 aliphatic rings. The standard InChI is InChI=1S/BrH.2Cs.4FH.3HI.2K.Na.3Rb/h1H;;;7*1H;;;;;;/q;2*+1;;;;;;;;6*+1/p-8. The molecule has 0 saturated carbocycles. The fourth-order valence-electron chi connectivity index (χ4n) is 0. The number of hydrogen-bond donors (Lipinski definition) is 0. The molecule has 16 heavy (non-hydrogen) atoms. The maximum Gasteiger partial charge on any atom is 1.00 e. The van der Waals surface area contributed by atoms with E-state index in [0.29, 0.717) is 0 Å². The van der Waals surface area contributed by atoms with Gasteiger partial charge in [-0.25, -0.2) is 0 Å². The minimum Gasteiger partial charge on any atom is -1.00 e. The Labute approximate surface area is 529 Å². The molecule has 0 saturated heterocycles. The first-order valence-corrected chi connectivity index (χ1v) is 0. The number of hydrogen-bond acceptors (Lipinski definition) is 0. The van der Waals surface area contributed by atoms with Crippen LogP contribution in [0, 0.1) is 0 Å². The quantitative estimate of drug-likeness (QED) is 0.129. The van der Waals surface area contributed by atoms with E-state index >= 15 is 0 Å². The normalized spacial score (nSPS) is 0. The number of rotatable bonds is 0. The first-order valence-electron chi connectivity index (χ1n) is 0. The zero-order chi connectivity index (χ0) is 0. The van der Waals surface area contributed by atoms with Crippen molar-refractivity contribution in [2.75, 3.05) is 0 Å². The molecule has 0 atom stereocenters. The Kier molecular flexibility index (Phi) is 810. The SMILES string of the molecule is [Br-].[Cs+].[Cs+].[F-].[F-].[F-].[F-].[I-].[I-].[I-].[K+].[K+].[Na+].[Rb+].[Rb+].[Rb+]. The van der Waals surface area contributed by atoms with Crippen molar-refractivity contribution in [1.29, 1.82) is 0 Å². The predicted molar refractivity (Wildman–Crippen MR) is 0 cm³/mol. The van der Waals surface area contributed by atoms with Crippen LogP contribution in [0.1, 0.15) is 0 Å². The fraction of sp³-hybridized carbons (Fsp3) is 0. The first kappa shape index (κ1) is 119. The molecule has 0 aliphatic heterocycles. The summed E-state index contributed by atoms with van der Waals surface area (Å²) in [5.41, 5.74) is 0. The van der Waals surface area contributed by atoms with Crippen molar-refractivity contribution in [3.63, 3.8) is 0 Å². The van der Waals surface area contributed by atoms with Crippen LogP contribution < -0.4 is 552 Å². The zero-order valence-electron chi connectivity index (χ0n) is 11.0. The second kappa shape index (κ2) is 108. The molecule has 0 nitrogen and oxygen atoms in total. The van der Waals surface area contributed by atoms with E-state index in [4.69, 9.17) is 0 Å². The predicted octanol–water partition coefficient (Wildman–Crippen LogP) is -47.9. The van der Waals surface area contributed by atoms with Gasteiger partial charge in [0, 0.05) is 0 Å². The Hall–Kier alpha value is 16.2. The molecule has 0 aromatic rings. The molecule has 0 N–H and O–H groups in total. The summed E-state index contributed by atoms with van der Waals surface area (Å²) in [5.74, 6) is 0. The fourth-order valence-corrected chi connectivity index (χ4v) is 0. The molecule has 0 fully saturated rings. The van der Waals surface area contributed by atoms with Crippen molar-refractivity contribution >= 4 is 0 Å². The van der Waals surface area contributed by atoms with Gasteiger partial charge >= 0.3 is 445 Å². The molecule has 0 heterocycles. The van der Waals surface area contributed by atoms with Gasteiger partial charge in [0.05, 0.1) is 0 Å². The topological polar surface area (TPSA) is 0 Å². The molecule has 0 aromatic heterocycles. The van der Waals surface area contributed by atoms with Crippen molar-refractivity contribution in [2.45, 2.75) is 0 Å². The van der Waals surface area contributed by atoms with Crippen LogP contribution >= 0.6 is 0 Å². The van der Waals surface area contributed by atoms with Gasteiger partial charge in [-0.2, -0.15) is 0 Å². The van der Waals surface area contributed by atoms with E-state index in [1.165, 1.54) is 0 Å². The molecular weight excluding hydrogens is 1160 g/mol. The van der Waals surface area contributed by atoms with E-state index in [0.717, 1.165) is 0 Å². The first-order chi connectivity index (χ1) is 0. The molecule has 0 unspecified atom stereocenters. The van der Waals surface area contributed by atoms with Crippen LogP contribution in [0.5, 0.6) is 0 Å². The van der Waals surface area contributed by atoms with Crippen LogP contribution in [-0.4, -0.2) is 0 Å². The van der Waals surface area contributed by atoms with Crippen LogP contribution in [0.15, 0.2) is 0 Å². The molecular formula is BrCs2F4I3K2NaRb3. The van der Waals surface area contributed by atoms with E-state index < -0.39 is 0 Å². The van der Waals surface area contributed by atoms with Crippen LogP contribution in [0.25, 0.3) is 0 Å². The average molecular weight is 1160 g/mol. The van der Waals surface area contributed by atoms with Crippen molar-refractivity contribution < 1.29 is 552 Å². The maximum absolute atomic E-state index is 0. The molecule has 0 amide bonds. The van der Waals surface area contributed by atoms with Crippen LogP contribution in [0.2, 0.25) is 0 Å². The van der Waals surface area contributed by atoms with Crippen LogP contribution in [0.3, 0.4) is 0 Å². The molecule has 64 valence electrons. The second-order valence-corrected chi connectivity index (χ2v) is 0. The van der Waals surface area contributed by atoms with E-state index in [1.807, 2.05) is 0 Å². The smallest absolute Gasteiger partial charge is 1.00 e. The molecule has 0 bridgehead atoms. The van der Waals surface area contributed by atoms with Gasteiger partial charge in [-0.3, -0.25) is 0 Å². The van der Waals surface area contributed by atoms with Crippen molar-refractivity contribution in [2.24, 2.45) is 0 Å². The molecule has 0 radical (unpaired) electrons.